The first-order valence-electron chi connectivity index (χ1n) is 5.38. The van der Waals surface area contributed by atoms with E-state index in [0.29, 0.717) is 10.2 Å². The Morgan fingerprint density at radius 1 is 1.11 bits per heavy atom. The minimum Gasteiger partial charge on any atom is -0.457 e. The Hall–Kier alpha value is -0.870. The highest BCUT2D eigenvalue weighted by molar-refractivity contribution is 9.10. The SMILES string of the molecule is Cc1cc(Oc2ccc(F)c(Br)c2)ccc1CBr. The van der Waals surface area contributed by atoms with E-state index >= 15 is 0 Å². The normalized spacial score (nSPS) is 10.4. The monoisotopic (exact) mass is 372 g/mol. The zero-order valence-corrected chi connectivity index (χ0v) is 12.9. The molecule has 0 N–H and O–H groups in total. The summed E-state index contributed by atoms with van der Waals surface area (Å²) in [6.45, 7) is 2.03. The lowest BCUT2D eigenvalue weighted by Gasteiger charge is -2.09. The van der Waals surface area contributed by atoms with Gasteiger partial charge in [-0.15, -0.1) is 0 Å². The molecule has 0 aliphatic carbocycles. The molecular formula is C14H11Br2FO. The molecule has 0 unspecified atom stereocenters. The third-order valence-corrected chi connectivity index (χ3v) is 3.80. The first-order valence-corrected chi connectivity index (χ1v) is 7.30. The highest BCUT2D eigenvalue weighted by atomic mass is 79.9. The fourth-order valence-corrected chi connectivity index (χ4v) is 2.55. The number of aryl methyl sites for hydroxylation is 1. The van der Waals surface area contributed by atoms with Gasteiger partial charge in [0.2, 0.25) is 0 Å². The molecule has 94 valence electrons. The molecule has 0 saturated heterocycles. The van der Waals surface area contributed by atoms with E-state index in [1.165, 1.54) is 11.6 Å². The van der Waals surface area contributed by atoms with Crippen LogP contribution in [0.1, 0.15) is 11.1 Å². The van der Waals surface area contributed by atoms with Crippen molar-refractivity contribution in [1.82, 2.24) is 0 Å². The second-order valence-electron chi connectivity index (χ2n) is 3.90. The second kappa shape index (κ2) is 5.85. The highest BCUT2D eigenvalue weighted by Crippen LogP contribution is 2.28. The minimum absolute atomic E-state index is 0.298. The molecule has 2 rings (SSSR count). The maximum Gasteiger partial charge on any atom is 0.137 e. The summed E-state index contributed by atoms with van der Waals surface area (Å²) < 4.78 is 19.2. The number of halogens is 3. The van der Waals surface area contributed by atoms with Crippen LogP contribution in [0.15, 0.2) is 40.9 Å². The average Bonchev–Trinajstić information content (AvgIpc) is 2.34. The van der Waals surface area contributed by atoms with Gasteiger partial charge >= 0.3 is 0 Å². The summed E-state index contributed by atoms with van der Waals surface area (Å²) in [5, 5.41) is 0.821. The van der Waals surface area contributed by atoms with Gasteiger partial charge in [-0.25, -0.2) is 4.39 Å². The minimum atomic E-state index is -0.298. The van der Waals surface area contributed by atoms with Crippen molar-refractivity contribution in [3.05, 3.63) is 57.8 Å². The second-order valence-corrected chi connectivity index (χ2v) is 5.31. The largest absolute Gasteiger partial charge is 0.457 e. The van der Waals surface area contributed by atoms with E-state index in [1.54, 1.807) is 12.1 Å². The van der Waals surface area contributed by atoms with E-state index < -0.39 is 0 Å². The smallest absolute Gasteiger partial charge is 0.137 e. The van der Waals surface area contributed by atoms with E-state index in [9.17, 15) is 4.39 Å². The van der Waals surface area contributed by atoms with Crippen molar-refractivity contribution in [3.63, 3.8) is 0 Å². The van der Waals surface area contributed by atoms with Gasteiger partial charge in [0.1, 0.15) is 17.3 Å². The van der Waals surface area contributed by atoms with E-state index in [-0.39, 0.29) is 5.82 Å². The molecule has 0 aliphatic rings. The average molecular weight is 374 g/mol. The van der Waals surface area contributed by atoms with Gasteiger partial charge in [0.25, 0.3) is 0 Å². The molecule has 0 heterocycles. The molecule has 0 aliphatic heterocycles. The van der Waals surface area contributed by atoms with Crippen molar-refractivity contribution in [2.75, 3.05) is 0 Å². The van der Waals surface area contributed by atoms with Crippen LogP contribution in [-0.4, -0.2) is 0 Å². The molecule has 0 amide bonds. The first kappa shape index (κ1) is 13.6. The van der Waals surface area contributed by atoms with Gasteiger partial charge in [-0.3, -0.25) is 0 Å². The number of benzene rings is 2. The van der Waals surface area contributed by atoms with Gasteiger partial charge in [0.05, 0.1) is 4.47 Å². The van der Waals surface area contributed by atoms with Gasteiger partial charge in [0.15, 0.2) is 0 Å². The fourth-order valence-electron chi connectivity index (χ4n) is 1.56. The van der Waals surface area contributed by atoms with Crippen molar-refractivity contribution in [1.29, 1.82) is 0 Å². The molecule has 0 spiro atoms. The van der Waals surface area contributed by atoms with E-state index in [1.807, 2.05) is 25.1 Å². The number of hydrogen-bond acceptors (Lipinski definition) is 1. The molecule has 18 heavy (non-hydrogen) atoms. The Labute approximate surface area is 122 Å². The molecule has 1 nitrogen and oxygen atoms in total. The van der Waals surface area contributed by atoms with Gasteiger partial charge in [0, 0.05) is 5.33 Å². The standard InChI is InChI=1S/C14H11Br2FO/c1-9-6-11(3-2-10(9)8-15)18-12-4-5-14(17)13(16)7-12/h2-7H,8H2,1H3. The first-order chi connectivity index (χ1) is 8.60. The van der Waals surface area contributed by atoms with Gasteiger partial charge < -0.3 is 4.74 Å². The van der Waals surface area contributed by atoms with E-state index in [0.717, 1.165) is 16.6 Å². The lowest BCUT2D eigenvalue weighted by molar-refractivity contribution is 0.479. The zero-order valence-electron chi connectivity index (χ0n) is 9.71. The van der Waals surface area contributed by atoms with E-state index in [2.05, 4.69) is 31.9 Å². The van der Waals surface area contributed by atoms with E-state index in [4.69, 9.17) is 4.74 Å². The summed E-state index contributed by atoms with van der Waals surface area (Å²) in [4.78, 5) is 0. The zero-order chi connectivity index (χ0) is 13.1. The van der Waals surface area contributed by atoms with Crippen molar-refractivity contribution < 1.29 is 9.13 Å². The number of rotatable bonds is 3. The highest BCUT2D eigenvalue weighted by Gasteiger charge is 2.04. The molecule has 2 aromatic carbocycles. The molecule has 0 fully saturated rings. The third kappa shape index (κ3) is 3.12. The maximum atomic E-state index is 13.1. The van der Waals surface area contributed by atoms with Crippen LogP contribution in [0.3, 0.4) is 0 Å². The fraction of sp³-hybridized carbons (Fsp3) is 0.143. The van der Waals surface area contributed by atoms with Gasteiger partial charge in [-0.1, -0.05) is 22.0 Å². The van der Waals surface area contributed by atoms with Crippen molar-refractivity contribution >= 4 is 31.9 Å². The van der Waals surface area contributed by atoms with Crippen molar-refractivity contribution in [2.45, 2.75) is 12.3 Å². The van der Waals surface area contributed by atoms with Gasteiger partial charge in [-0.05, 0) is 64.3 Å². The summed E-state index contributed by atoms with van der Waals surface area (Å²) >= 11 is 6.56. The molecule has 0 radical (unpaired) electrons. The van der Waals surface area contributed by atoms with Crippen LogP contribution in [0.4, 0.5) is 4.39 Å². The van der Waals surface area contributed by atoms with Crippen LogP contribution in [0.5, 0.6) is 11.5 Å². The third-order valence-electron chi connectivity index (χ3n) is 2.58. The summed E-state index contributed by atoms with van der Waals surface area (Å²) in [6, 6.07) is 10.5. The van der Waals surface area contributed by atoms with Crippen LogP contribution < -0.4 is 4.74 Å². The Bertz CT molecular complexity index is 570. The van der Waals surface area contributed by atoms with Crippen LogP contribution >= 0.6 is 31.9 Å². The molecule has 2 aromatic rings. The molecule has 0 aromatic heterocycles. The quantitative estimate of drug-likeness (QED) is 0.637. The predicted molar refractivity (Wildman–Crippen MR) is 78.0 cm³/mol. The summed E-state index contributed by atoms with van der Waals surface area (Å²) in [7, 11) is 0. The summed E-state index contributed by atoms with van der Waals surface area (Å²) in [5.74, 6) is 1.05. The Morgan fingerprint density at radius 3 is 2.39 bits per heavy atom. The molecule has 0 atom stereocenters. The lowest BCUT2D eigenvalue weighted by Crippen LogP contribution is -1.89. The number of alkyl halides is 1. The van der Waals surface area contributed by atoms with Gasteiger partial charge in [-0.2, -0.15) is 0 Å². The Balaban J connectivity index is 2.23. The number of hydrogen-bond donors (Lipinski definition) is 0. The topological polar surface area (TPSA) is 9.23 Å². The van der Waals surface area contributed by atoms with Crippen LogP contribution in [0, 0.1) is 12.7 Å². The summed E-state index contributed by atoms with van der Waals surface area (Å²) in [5.41, 5.74) is 2.38. The maximum absolute atomic E-state index is 13.1. The van der Waals surface area contributed by atoms with Crippen molar-refractivity contribution in [3.8, 4) is 11.5 Å². The predicted octanol–water partition coefficient (Wildman–Crippen LogP) is 5.58. The van der Waals surface area contributed by atoms with Crippen molar-refractivity contribution in [2.24, 2.45) is 0 Å². The molecule has 4 heteroatoms. The van der Waals surface area contributed by atoms with Crippen LogP contribution in [-0.2, 0) is 5.33 Å². The summed E-state index contributed by atoms with van der Waals surface area (Å²) in [6.07, 6.45) is 0. The van der Waals surface area contributed by atoms with Crippen LogP contribution in [0.2, 0.25) is 0 Å². The molecule has 0 saturated carbocycles. The van der Waals surface area contributed by atoms with Crippen LogP contribution in [0.25, 0.3) is 0 Å². The number of ether oxygens (including phenoxy) is 1. The Morgan fingerprint density at radius 2 is 1.78 bits per heavy atom. The molecule has 0 bridgehead atoms. The molecular weight excluding hydrogens is 363 g/mol. The Kier molecular flexibility index (Phi) is 4.40. The lowest BCUT2D eigenvalue weighted by atomic mass is 10.1.